The average Bonchev–Trinajstić information content (AvgIpc) is 3.43. The third kappa shape index (κ3) is 3.07. The summed E-state index contributed by atoms with van der Waals surface area (Å²) >= 11 is 3.93. The minimum Gasteiger partial charge on any atom is -0.503 e. The van der Waals surface area contributed by atoms with Crippen LogP contribution in [-0.2, 0) is 4.79 Å². The highest BCUT2D eigenvalue weighted by Crippen LogP contribution is 2.43. The van der Waals surface area contributed by atoms with Crippen LogP contribution in [0.4, 0.5) is 5.13 Å². The van der Waals surface area contributed by atoms with Crippen LogP contribution in [0.1, 0.15) is 21.3 Å². The number of carbonyl (C=O) groups is 2. The van der Waals surface area contributed by atoms with Gasteiger partial charge in [-0.15, -0.1) is 21.5 Å². The number of carbonyl (C=O) groups excluding carboxylic acids is 2. The topological polar surface area (TPSA) is 83.4 Å². The van der Waals surface area contributed by atoms with Crippen molar-refractivity contribution in [1.82, 2.24) is 10.2 Å². The van der Waals surface area contributed by atoms with Crippen molar-refractivity contribution in [3.8, 4) is 0 Å². The molecule has 3 heterocycles. The molecule has 1 N–H and O–H groups in total. The minimum absolute atomic E-state index is 0.0644. The predicted octanol–water partition coefficient (Wildman–Crippen LogP) is 4.10. The number of benzene rings is 1. The van der Waals surface area contributed by atoms with Crippen LogP contribution in [0.3, 0.4) is 0 Å². The summed E-state index contributed by atoms with van der Waals surface area (Å²) in [4.78, 5) is 27.8. The summed E-state index contributed by atoms with van der Waals surface area (Å²) in [6.45, 7) is 0. The molecule has 0 aliphatic carbocycles. The van der Waals surface area contributed by atoms with Crippen LogP contribution in [0.5, 0.6) is 0 Å². The fourth-order valence-corrected chi connectivity index (χ4v) is 4.87. The molecule has 27 heavy (non-hydrogen) atoms. The molecule has 3 aromatic rings. The van der Waals surface area contributed by atoms with E-state index in [-0.39, 0.29) is 11.4 Å². The first-order valence-corrected chi connectivity index (χ1v) is 10.8. The lowest BCUT2D eigenvalue weighted by molar-refractivity contribution is -0.117. The number of Topliss-reactive ketones (excluding diaryl/α,β-unsaturated/α-hetero) is 1. The first kappa shape index (κ1) is 17.9. The van der Waals surface area contributed by atoms with Crippen molar-refractivity contribution in [2.45, 2.75) is 10.4 Å². The molecule has 0 fully saturated rings. The fourth-order valence-electron chi connectivity index (χ4n) is 2.91. The first-order valence-electron chi connectivity index (χ1n) is 7.89. The number of ketones is 1. The lowest BCUT2D eigenvalue weighted by Crippen LogP contribution is -2.30. The standard InChI is InChI=1S/C18H13N3O3S3/c1-25-18-20-19-17(27-18)21-13(10-6-3-2-4-7-10)12(15(23)16(21)24)14(22)11-8-5-9-26-11/h2-9,13,23H,1H3/t13-/m1/s1. The molecule has 1 aliphatic rings. The van der Waals surface area contributed by atoms with E-state index in [4.69, 9.17) is 0 Å². The van der Waals surface area contributed by atoms with E-state index in [9.17, 15) is 14.7 Å². The monoisotopic (exact) mass is 415 g/mol. The van der Waals surface area contributed by atoms with Gasteiger partial charge in [0, 0.05) is 0 Å². The Morgan fingerprint density at radius 1 is 1.19 bits per heavy atom. The van der Waals surface area contributed by atoms with Gasteiger partial charge in [0.15, 0.2) is 10.1 Å². The van der Waals surface area contributed by atoms with Crippen LogP contribution >= 0.6 is 34.4 Å². The van der Waals surface area contributed by atoms with Gasteiger partial charge in [-0.05, 0) is 23.3 Å². The molecule has 0 unspecified atom stereocenters. The molecular weight excluding hydrogens is 402 g/mol. The summed E-state index contributed by atoms with van der Waals surface area (Å²) in [6, 6.07) is 11.8. The van der Waals surface area contributed by atoms with Crippen molar-refractivity contribution in [2.24, 2.45) is 0 Å². The molecule has 1 atom stereocenters. The molecular formula is C18H13N3O3S3. The van der Waals surface area contributed by atoms with E-state index in [1.54, 1.807) is 17.5 Å². The Balaban J connectivity index is 1.86. The van der Waals surface area contributed by atoms with Gasteiger partial charge in [-0.1, -0.05) is 59.5 Å². The zero-order valence-electron chi connectivity index (χ0n) is 14.0. The molecule has 0 saturated heterocycles. The fraction of sp³-hybridized carbons (Fsp3) is 0.111. The summed E-state index contributed by atoms with van der Waals surface area (Å²) in [5.74, 6) is -1.54. The van der Waals surface area contributed by atoms with Gasteiger partial charge < -0.3 is 5.11 Å². The lowest BCUT2D eigenvalue weighted by atomic mass is 9.96. The highest BCUT2D eigenvalue weighted by molar-refractivity contribution is 8.00. The maximum Gasteiger partial charge on any atom is 0.296 e. The second kappa shape index (κ2) is 7.26. The second-order valence-corrected chi connectivity index (χ2v) is 8.57. The van der Waals surface area contributed by atoms with Gasteiger partial charge >= 0.3 is 0 Å². The molecule has 9 heteroatoms. The van der Waals surface area contributed by atoms with Gasteiger partial charge in [-0.3, -0.25) is 14.5 Å². The van der Waals surface area contributed by atoms with Crippen molar-refractivity contribution in [2.75, 3.05) is 11.2 Å². The van der Waals surface area contributed by atoms with E-state index >= 15 is 0 Å². The van der Waals surface area contributed by atoms with Crippen molar-refractivity contribution >= 4 is 51.3 Å². The highest BCUT2D eigenvalue weighted by atomic mass is 32.2. The number of aromatic nitrogens is 2. The van der Waals surface area contributed by atoms with Crippen molar-refractivity contribution in [3.63, 3.8) is 0 Å². The van der Waals surface area contributed by atoms with Crippen LogP contribution in [0, 0.1) is 0 Å². The largest absolute Gasteiger partial charge is 0.503 e. The van der Waals surface area contributed by atoms with Crippen LogP contribution in [-0.4, -0.2) is 33.3 Å². The van der Waals surface area contributed by atoms with E-state index in [1.807, 2.05) is 36.6 Å². The van der Waals surface area contributed by atoms with E-state index in [1.165, 1.54) is 39.3 Å². The normalized spacial score (nSPS) is 17.0. The highest BCUT2D eigenvalue weighted by Gasteiger charge is 2.46. The van der Waals surface area contributed by atoms with Crippen LogP contribution in [0.2, 0.25) is 0 Å². The Hall–Kier alpha value is -2.49. The number of thioether (sulfide) groups is 1. The van der Waals surface area contributed by atoms with Gasteiger partial charge in [0.1, 0.15) is 0 Å². The number of nitrogens with zero attached hydrogens (tertiary/aromatic N) is 3. The molecule has 0 spiro atoms. The summed E-state index contributed by atoms with van der Waals surface area (Å²) in [7, 11) is 0. The van der Waals surface area contributed by atoms with Crippen molar-refractivity contribution in [1.29, 1.82) is 0 Å². The van der Waals surface area contributed by atoms with Crippen LogP contribution in [0.15, 0.2) is 63.5 Å². The summed E-state index contributed by atoms with van der Waals surface area (Å²) in [5, 5.41) is 20.8. The molecule has 4 rings (SSSR count). The number of amides is 1. The number of hydrogen-bond acceptors (Lipinski definition) is 8. The van der Waals surface area contributed by atoms with Gasteiger partial charge in [0.05, 0.1) is 16.5 Å². The second-order valence-electron chi connectivity index (χ2n) is 5.61. The Kier molecular flexibility index (Phi) is 4.81. The quantitative estimate of drug-likeness (QED) is 0.384. The van der Waals surface area contributed by atoms with Crippen LogP contribution in [0.25, 0.3) is 0 Å². The third-order valence-electron chi connectivity index (χ3n) is 4.09. The lowest BCUT2D eigenvalue weighted by Gasteiger charge is -2.23. The first-order chi connectivity index (χ1) is 13.1. The molecule has 0 radical (unpaired) electrons. The number of thiophene rings is 1. The Bertz CT molecular complexity index is 1030. The Labute approximate surface area is 167 Å². The maximum absolute atomic E-state index is 13.1. The molecule has 1 amide bonds. The number of rotatable bonds is 5. The summed E-state index contributed by atoms with van der Waals surface area (Å²) in [6.07, 6.45) is 1.87. The zero-order valence-corrected chi connectivity index (χ0v) is 16.5. The average molecular weight is 416 g/mol. The molecule has 136 valence electrons. The smallest absolute Gasteiger partial charge is 0.296 e. The summed E-state index contributed by atoms with van der Waals surface area (Å²) in [5.41, 5.74) is 0.783. The minimum atomic E-state index is -0.754. The third-order valence-corrected chi connectivity index (χ3v) is 6.86. The predicted molar refractivity (Wildman–Crippen MR) is 107 cm³/mol. The zero-order chi connectivity index (χ0) is 19.0. The SMILES string of the molecule is CSc1nnc(N2C(=O)C(O)=C(C(=O)c3cccs3)[C@H]2c2ccccc2)s1. The summed E-state index contributed by atoms with van der Waals surface area (Å²) < 4.78 is 0.696. The van der Waals surface area contributed by atoms with Gasteiger partial charge in [0.25, 0.3) is 5.91 Å². The molecule has 6 nitrogen and oxygen atoms in total. The number of aliphatic hydroxyl groups is 1. The molecule has 2 aromatic heterocycles. The van der Waals surface area contributed by atoms with Gasteiger partial charge in [-0.2, -0.15) is 0 Å². The molecule has 0 bridgehead atoms. The number of hydrogen-bond donors (Lipinski definition) is 1. The van der Waals surface area contributed by atoms with E-state index in [2.05, 4.69) is 10.2 Å². The van der Waals surface area contributed by atoms with E-state index in [0.29, 0.717) is 14.3 Å². The van der Waals surface area contributed by atoms with E-state index < -0.39 is 17.7 Å². The number of anilines is 1. The maximum atomic E-state index is 13.1. The number of aliphatic hydroxyl groups excluding tert-OH is 1. The molecule has 1 aromatic carbocycles. The van der Waals surface area contributed by atoms with Gasteiger partial charge in [-0.25, -0.2) is 0 Å². The molecule has 0 saturated carbocycles. The molecule has 1 aliphatic heterocycles. The Morgan fingerprint density at radius 3 is 2.59 bits per heavy atom. The van der Waals surface area contributed by atoms with Crippen molar-refractivity contribution < 1.29 is 14.7 Å². The van der Waals surface area contributed by atoms with Crippen LogP contribution < -0.4 is 4.90 Å². The van der Waals surface area contributed by atoms with Crippen molar-refractivity contribution in [3.05, 3.63) is 69.6 Å². The van der Waals surface area contributed by atoms with Gasteiger partial charge in [0.2, 0.25) is 10.9 Å². The van der Waals surface area contributed by atoms with E-state index in [0.717, 1.165) is 5.56 Å². The Morgan fingerprint density at radius 2 is 1.96 bits per heavy atom.